The van der Waals surface area contributed by atoms with E-state index >= 15 is 0 Å². The molecule has 6 nitrogen and oxygen atoms in total. The summed E-state index contributed by atoms with van der Waals surface area (Å²) in [4.78, 5) is 30.1. The Hall–Kier alpha value is -2.92. The highest BCUT2D eigenvalue weighted by molar-refractivity contribution is 7.39. The molecule has 26 heavy (non-hydrogen) atoms. The molecule has 0 aromatic heterocycles. The second kappa shape index (κ2) is 8.45. The molecule has 0 fully saturated rings. The summed E-state index contributed by atoms with van der Waals surface area (Å²) in [5.41, 5.74) is 0.942. The van der Waals surface area contributed by atoms with E-state index in [1.54, 1.807) is 42.5 Å². The van der Waals surface area contributed by atoms with Crippen molar-refractivity contribution >= 4 is 20.2 Å². The van der Waals surface area contributed by atoms with Gasteiger partial charge in [-0.3, -0.25) is 4.79 Å². The molecule has 0 aliphatic rings. The zero-order valence-corrected chi connectivity index (χ0v) is 14.5. The van der Waals surface area contributed by atoms with E-state index in [0.29, 0.717) is 22.7 Å². The zero-order valence-electron chi connectivity index (χ0n) is 13.6. The lowest BCUT2D eigenvalue weighted by Gasteiger charge is -2.09. The van der Waals surface area contributed by atoms with Crippen LogP contribution in [0.25, 0.3) is 0 Å². The molecular weight excluding hydrogens is 353 g/mol. The summed E-state index contributed by atoms with van der Waals surface area (Å²) in [6, 6.07) is 22.5. The average Bonchev–Trinajstić information content (AvgIpc) is 2.63. The number of amides is 1. The van der Waals surface area contributed by atoms with Crippen LogP contribution in [-0.4, -0.2) is 15.7 Å². The molecular formula is C19H16NO5P. The Morgan fingerprint density at radius 3 is 2.15 bits per heavy atom. The fraction of sp³-hybridized carbons (Fsp3) is 0. The van der Waals surface area contributed by atoms with Gasteiger partial charge in [-0.1, -0.05) is 24.3 Å². The van der Waals surface area contributed by atoms with Crippen molar-refractivity contribution in [3.63, 3.8) is 0 Å². The van der Waals surface area contributed by atoms with Crippen LogP contribution in [0.1, 0.15) is 10.4 Å². The fourth-order valence-electron chi connectivity index (χ4n) is 2.23. The van der Waals surface area contributed by atoms with Crippen LogP contribution in [0.4, 0.5) is 5.69 Å². The topological polar surface area (TPSA) is 88.0 Å². The Balaban J connectivity index is 1.65. The summed E-state index contributed by atoms with van der Waals surface area (Å²) in [5.74, 6) is 1.30. The number of hydrogen-bond donors (Lipinski definition) is 3. The molecule has 0 heterocycles. The molecule has 3 rings (SSSR count). The summed E-state index contributed by atoms with van der Waals surface area (Å²) < 4.78 is 10.5. The van der Waals surface area contributed by atoms with Gasteiger partial charge in [0.1, 0.15) is 17.2 Å². The molecule has 0 saturated carbocycles. The van der Waals surface area contributed by atoms with E-state index in [2.05, 4.69) is 5.32 Å². The predicted octanol–water partition coefficient (Wildman–Crippen LogP) is 4.32. The lowest BCUT2D eigenvalue weighted by molar-refractivity contribution is 0.102. The van der Waals surface area contributed by atoms with Crippen LogP contribution in [0.15, 0.2) is 78.9 Å². The summed E-state index contributed by atoms with van der Waals surface area (Å²) in [6.45, 7) is 0. The Bertz CT molecular complexity index is 869. The van der Waals surface area contributed by atoms with Crippen molar-refractivity contribution in [2.24, 2.45) is 0 Å². The van der Waals surface area contributed by atoms with Gasteiger partial charge in [0.25, 0.3) is 5.91 Å². The largest absolute Gasteiger partial charge is 0.457 e. The number of anilines is 1. The molecule has 3 N–H and O–H groups in total. The first kappa shape index (κ1) is 17.9. The molecule has 7 heteroatoms. The molecule has 0 atom stereocenters. The van der Waals surface area contributed by atoms with Crippen LogP contribution in [0, 0.1) is 0 Å². The summed E-state index contributed by atoms with van der Waals surface area (Å²) in [6.07, 6.45) is 0. The van der Waals surface area contributed by atoms with Gasteiger partial charge in [0.2, 0.25) is 0 Å². The summed E-state index contributed by atoms with van der Waals surface area (Å²) >= 11 is 0. The maximum Gasteiger partial charge on any atom is 0.391 e. The van der Waals surface area contributed by atoms with E-state index in [4.69, 9.17) is 19.0 Å². The zero-order chi connectivity index (χ0) is 18.4. The summed E-state index contributed by atoms with van der Waals surface area (Å²) in [7, 11) is -2.50. The fourth-order valence-corrected chi connectivity index (χ4v) is 2.53. The van der Waals surface area contributed by atoms with E-state index in [9.17, 15) is 4.79 Å². The van der Waals surface area contributed by atoms with E-state index in [-0.39, 0.29) is 11.7 Å². The Morgan fingerprint density at radius 1 is 0.808 bits per heavy atom. The van der Waals surface area contributed by atoms with Gasteiger partial charge < -0.3 is 24.4 Å². The third-order valence-corrected chi connectivity index (χ3v) is 3.75. The van der Waals surface area contributed by atoms with Crippen molar-refractivity contribution in [3.05, 3.63) is 84.4 Å². The van der Waals surface area contributed by atoms with E-state index < -0.39 is 8.60 Å². The lowest BCUT2D eigenvalue weighted by atomic mass is 10.2. The summed E-state index contributed by atoms with van der Waals surface area (Å²) in [5, 5.41) is 2.73. The van der Waals surface area contributed by atoms with Gasteiger partial charge in [0.05, 0.1) is 0 Å². The number of rotatable bonds is 6. The quantitative estimate of drug-likeness (QED) is 0.563. The van der Waals surface area contributed by atoms with Crippen molar-refractivity contribution in [2.75, 3.05) is 5.32 Å². The minimum atomic E-state index is -2.50. The number of benzene rings is 3. The van der Waals surface area contributed by atoms with Crippen molar-refractivity contribution in [3.8, 4) is 17.2 Å². The first-order valence-corrected chi connectivity index (χ1v) is 8.87. The molecule has 1 amide bonds. The van der Waals surface area contributed by atoms with Gasteiger partial charge in [-0.25, -0.2) is 0 Å². The van der Waals surface area contributed by atoms with Crippen molar-refractivity contribution in [2.45, 2.75) is 0 Å². The third-order valence-electron chi connectivity index (χ3n) is 3.37. The second-order valence-corrected chi connectivity index (χ2v) is 5.95. The van der Waals surface area contributed by atoms with Crippen LogP contribution in [0.2, 0.25) is 0 Å². The Labute approximate surface area is 151 Å². The van der Waals surface area contributed by atoms with E-state index in [0.717, 1.165) is 0 Å². The molecule has 0 spiro atoms. The molecule has 0 radical (unpaired) electrons. The molecule has 132 valence electrons. The van der Waals surface area contributed by atoms with Gasteiger partial charge in [-0.15, -0.1) is 0 Å². The maximum atomic E-state index is 12.3. The van der Waals surface area contributed by atoms with Crippen molar-refractivity contribution in [1.29, 1.82) is 0 Å². The normalized spacial score (nSPS) is 10.4. The maximum absolute atomic E-state index is 12.3. The van der Waals surface area contributed by atoms with Crippen molar-refractivity contribution in [1.82, 2.24) is 0 Å². The first-order chi connectivity index (χ1) is 12.6. The monoisotopic (exact) mass is 369 g/mol. The van der Waals surface area contributed by atoms with Gasteiger partial charge in [0.15, 0.2) is 0 Å². The van der Waals surface area contributed by atoms with E-state index in [1.807, 2.05) is 30.3 Å². The first-order valence-electron chi connectivity index (χ1n) is 7.70. The number of ether oxygens (including phenoxy) is 1. The van der Waals surface area contributed by atoms with Gasteiger partial charge in [0, 0.05) is 17.3 Å². The predicted molar refractivity (Wildman–Crippen MR) is 99.3 cm³/mol. The Morgan fingerprint density at radius 2 is 1.46 bits per heavy atom. The molecule has 0 unspecified atom stereocenters. The Kier molecular flexibility index (Phi) is 5.81. The molecule has 3 aromatic carbocycles. The molecule has 3 aromatic rings. The minimum Gasteiger partial charge on any atom is -0.457 e. The number of nitrogens with one attached hydrogen (secondary N) is 1. The van der Waals surface area contributed by atoms with Gasteiger partial charge >= 0.3 is 8.60 Å². The highest BCUT2D eigenvalue weighted by atomic mass is 31.2. The van der Waals surface area contributed by atoms with E-state index in [1.165, 1.54) is 6.07 Å². The minimum absolute atomic E-state index is 0.255. The second-order valence-electron chi connectivity index (χ2n) is 5.27. The number of carbonyl (C=O) groups excluding carboxylic acids is 1. The smallest absolute Gasteiger partial charge is 0.391 e. The molecule has 0 bridgehead atoms. The van der Waals surface area contributed by atoms with Crippen LogP contribution in [-0.2, 0) is 0 Å². The lowest BCUT2D eigenvalue weighted by Crippen LogP contribution is -2.11. The van der Waals surface area contributed by atoms with Crippen LogP contribution >= 0.6 is 8.60 Å². The number of hydrogen-bond acceptors (Lipinski definition) is 5. The molecule has 0 aliphatic carbocycles. The van der Waals surface area contributed by atoms with Crippen molar-refractivity contribution < 1.29 is 23.8 Å². The highest BCUT2D eigenvalue weighted by Gasteiger charge is 2.09. The average molecular weight is 369 g/mol. The molecule has 0 saturated heterocycles. The van der Waals surface area contributed by atoms with Gasteiger partial charge in [-0.05, 0) is 48.5 Å². The van der Waals surface area contributed by atoms with Gasteiger partial charge in [-0.2, -0.15) is 0 Å². The molecule has 0 aliphatic heterocycles. The van der Waals surface area contributed by atoms with Crippen LogP contribution in [0.3, 0.4) is 0 Å². The highest BCUT2D eigenvalue weighted by Crippen LogP contribution is 2.30. The SMILES string of the molecule is O=C(Nc1cccc(OP(O)O)c1)c1ccc(Oc2ccccc2)cc1. The number of carbonyl (C=O) groups is 1. The van der Waals surface area contributed by atoms with Crippen LogP contribution in [0.5, 0.6) is 17.2 Å². The number of para-hydroxylation sites is 1. The van der Waals surface area contributed by atoms with Crippen LogP contribution < -0.4 is 14.6 Å². The standard InChI is InChI=1S/C19H16NO5P/c21-19(20-15-5-4-8-18(13-15)25-26(22)23)14-9-11-17(12-10-14)24-16-6-2-1-3-7-16/h1-13,22-23H,(H,20,21). The third kappa shape index (κ3) is 5.04.